The number of nitroso groups, excluding NO2 is 1. The molecule has 0 unspecified atom stereocenters. The predicted octanol–water partition coefficient (Wildman–Crippen LogP) is 3.39. The number of nitrogens with zero attached hydrogens (tertiary/aromatic N) is 1. The quantitative estimate of drug-likeness (QED) is 0.301. The Morgan fingerprint density at radius 3 is 2.29 bits per heavy atom. The molecule has 0 radical (unpaired) electrons. The summed E-state index contributed by atoms with van der Waals surface area (Å²) in [6, 6.07) is 5.80. The number of benzene rings is 1. The Kier molecular flexibility index (Phi) is 8.00. The van der Waals surface area contributed by atoms with Crippen LogP contribution in [0.3, 0.4) is 0 Å². The van der Waals surface area contributed by atoms with E-state index in [9.17, 15) is 9.70 Å². The first kappa shape index (κ1) is 17.1. The van der Waals surface area contributed by atoms with E-state index in [1.807, 2.05) is 13.8 Å². The molecule has 7 nitrogen and oxygen atoms in total. The maximum absolute atomic E-state index is 11.5. The zero-order valence-corrected chi connectivity index (χ0v) is 12.1. The smallest absolute Gasteiger partial charge is 0.434 e. The molecule has 0 atom stereocenters. The molecule has 7 heteroatoms. The van der Waals surface area contributed by atoms with Gasteiger partial charge in [-0.3, -0.25) is 0 Å². The highest BCUT2D eigenvalue weighted by molar-refractivity contribution is 5.64. The lowest BCUT2D eigenvalue weighted by Gasteiger charge is -2.16. The molecule has 0 bridgehead atoms. The van der Waals surface area contributed by atoms with Gasteiger partial charge in [-0.1, -0.05) is 0 Å². The Hall–Kier alpha value is -1.99. The minimum absolute atomic E-state index is 0.122. The van der Waals surface area contributed by atoms with Crippen LogP contribution in [0.2, 0.25) is 0 Å². The first-order valence-corrected chi connectivity index (χ1v) is 6.70. The second kappa shape index (κ2) is 9.84. The van der Waals surface area contributed by atoms with Crippen molar-refractivity contribution in [1.82, 2.24) is 0 Å². The lowest BCUT2D eigenvalue weighted by molar-refractivity contribution is -0.144. The van der Waals surface area contributed by atoms with Gasteiger partial charge in [0.25, 0.3) is 0 Å². The molecule has 0 aliphatic rings. The van der Waals surface area contributed by atoms with E-state index >= 15 is 0 Å². The normalized spacial score (nSPS) is 10.4. The van der Waals surface area contributed by atoms with E-state index in [2.05, 4.69) is 5.18 Å². The summed E-state index contributed by atoms with van der Waals surface area (Å²) >= 11 is 0. The van der Waals surface area contributed by atoms with Gasteiger partial charge in [0.1, 0.15) is 11.4 Å². The Balaban J connectivity index is 2.30. The van der Waals surface area contributed by atoms with Crippen LogP contribution in [0.25, 0.3) is 0 Å². The van der Waals surface area contributed by atoms with Crippen molar-refractivity contribution in [2.24, 2.45) is 5.18 Å². The fourth-order valence-electron chi connectivity index (χ4n) is 1.53. The lowest BCUT2D eigenvalue weighted by atomic mass is 10.3. The summed E-state index contributed by atoms with van der Waals surface area (Å²) in [6.07, 6.45) is -0.801. The summed E-state index contributed by atoms with van der Waals surface area (Å²) < 4.78 is 20.5. The molecule has 0 aromatic heterocycles. The molecular formula is C14H19NO6. The Morgan fingerprint density at radius 2 is 1.76 bits per heavy atom. The summed E-state index contributed by atoms with van der Waals surface area (Å²) in [7, 11) is 0. The highest BCUT2D eigenvalue weighted by Crippen LogP contribution is 2.18. The molecular weight excluding hydrogens is 278 g/mol. The van der Waals surface area contributed by atoms with Crippen LogP contribution in [0.4, 0.5) is 10.5 Å². The minimum Gasteiger partial charge on any atom is -0.434 e. The topological polar surface area (TPSA) is 83.4 Å². The van der Waals surface area contributed by atoms with Crippen LogP contribution in [-0.4, -0.2) is 32.3 Å². The van der Waals surface area contributed by atoms with Crippen molar-refractivity contribution < 1.29 is 23.7 Å². The summed E-state index contributed by atoms with van der Waals surface area (Å²) in [5.74, 6) is 0.276. The Labute approximate surface area is 123 Å². The largest absolute Gasteiger partial charge is 0.513 e. The molecule has 1 aromatic carbocycles. The molecule has 0 fully saturated rings. The van der Waals surface area contributed by atoms with Gasteiger partial charge in [0, 0.05) is 19.6 Å². The Morgan fingerprint density at radius 1 is 1.14 bits per heavy atom. The van der Waals surface area contributed by atoms with Crippen LogP contribution in [-0.2, 0) is 14.2 Å². The first-order valence-electron chi connectivity index (χ1n) is 6.70. The number of rotatable bonds is 9. The van der Waals surface area contributed by atoms with Crippen LogP contribution in [0.15, 0.2) is 29.4 Å². The standard InChI is InChI=1S/C14H19NO6/c1-3-18-13(19-4-2)9-10-20-14(16)21-12-7-5-11(15-17)6-8-12/h5-8,13H,3-4,9-10H2,1-2H3. The maximum atomic E-state index is 11.5. The van der Waals surface area contributed by atoms with Gasteiger partial charge >= 0.3 is 6.16 Å². The molecule has 0 heterocycles. The molecule has 0 aliphatic carbocycles. The average Bonchev–Trinajstić information content (AvgIpc) is 2.48. The highest BCUT2D eigenvalue weighted by atomic mass is 16.7. The van der Waals surface area contributed by atoms with Gasteiger partial charge in [0.15, 0.2) is 6.29 Å². The van der Waals surface area contributed by atoms with E-state index in [1.165, 1.54) is 24.3 Å². The van der Waals surface area contributed by atoms with Crippen molar-refractivity contribution in [2.45, 2.75) is 26.6 Å². The van der Waals surface area contributed by atoms with E-state index in [1.54, 1.807) is 0 Å². The molecule has 21 heavy (non-hydrogen) atoms. The summed E-state index contributed by atoms with van der Waals surface area (Å²) in [5, 5.41) is 2.75. The molecule has 0 saturated carbocycles. The van der Waals surface area contributed by atoms with Crippen molar-refractivity contribution >= 4 is 11.8 Å². The number of carbonyl (C=O) groups excluding carboxylic acids is 1. The average molecular weight is 297 g/mol. The summed E-state index contributed by atoms with van der Waals surface area (Å²) in [6.45, 7) is 4.88. The van der Waals surface area contributed by atoms with Gasteiger partial charge in [-0.2, -0.15) is 0 Å². The number of ether oxygens (including phenoxy) is 4. The monoisotopic (exact) mass is 297 g/mol. The van der Waals surface area contributed by atoms with Crippen molar-refractivity contribution in [3.8, 4) is 5.75 Å². The number of hydrogen-bond acceptors (Lipinski definition) is 7. The van der Waals surface area contributed by atoms with Crippen LogP contribution >= 0.6 is 0 Å². The molecule has 1 aromatic rings. The Bertz CT molecular complexity index is 428. The first-order chi connectivity index (χ1) is 10.2. The summed E-state index contributed by atoms with van der Waals surface area (Å²) in [5.41, 5.74) is 0.256. The minimum atomic E-state index is -0.825. The van der Waals surface area contributed by atoms with E-state index in [0.717, 1.165) is 0 Å². The second-order valence-electron chi connectivity index (χ2n) is 3.91. The van der Waals surface area contributed by atoms with E-state index in [4.69, 9.17) is 18.9 Å². The van der Waals surface area contributed by atoms with Crippen molar-refractivity contribution in [3.05, 3.63) is 29.2 Å². The van der Waals surface area contributed by atoms with Gasteiger partial charge in [-0.05, 0) is 43.3 Å². The lowest BCUT2D eigenvalue weighted by Crippen LogP contribution is -2.21. The highest BCUT2D eigenvalue weighted by Gasteiger charge is 2.11. The fraction of sp³-hybridized carbons (Fsp3) is 0.500. The molecule has 0 aliphatic heterocycles. The summed E-state index contributed by atoms with van der Waals surface area (Å²) in [4.78, 5) is 21.7. The van der Waals surface area contributed by atoms with Gasteiger partial charge in [0.2, 0.25) is 0 Å². The fourth-order valence-corrected chi connectivity index (χ4v) is 1.53. The van der Waals surface area contributed by atoms with E-state index in [-0.39, 0.29) is 18.0 Å². The van der Waals surface area contributed by atoms with Gasteiger partial charge in [-0.15, -0.1) is 4.91 Å². The van der Waals surface area contributed by atoms with Crippen molar-refractivity contribution in [3.63, 3.8) is 0 Å². The number of hydrogen-bond donors (Lipinski definition) is 0. The predicted molar refractivity (Wildman–Crippen MR) is 75.5 cm³/mol. The molecule has 1 rings (SSSR count). The van der Waals surface area contributed by atoms with Crippen LogP contribution in [0.1, 0.15) is 20.3 Å². The zero-order valence-electron chi connectivity index (χ0n) is 12.1. The zero-order chi connectivity index (χ0) is 15.5. The number of carbonyl (C=O) groups is 1. The van der Waals surface area contributed by atoms with E-state index in [0.29, 0.717) is 19.6 Å². The second-order valence-corrected chi connectivity index (χ2v) is 3.91. The van der Waals surface area contributed by atoms with Crippen molar-refractivity contribution in [1.29, 1.82) is 0 Å². The third-order valence-electron chi connectivity index (χ3n) is 2.42. The van der Waals surface area contributed by atoms with Crippen LogP contribution in [0.5, 0.6) is 5.75 Å². The van der Waals surface area contributed by atoms with E-state index < -0.39 is 12.4 Å². The van der Waals surface area contributed by atoms with Gasteiger partial charge in [-0.25, -0.2) is 4.79 Å². The SMILES string of the molecule is CCOC(CCOC(=O)Oc1ccc(N=O)cc1)OCC. The van der Waals surface area contributed by atoms with Crippen molar-refractivity contribution in [2.75, 3.05) is 19.8 Å². The maximum Gasteiger partial charge on any atom is 0.513 e. The molecule has 0 N–H and O–H groups in total. The molecule has 0 amide bonds. The third-order valence-corrected chi connectivity index (χ3v) is 2.42. The molecule has 0 saturated heterocycles. The third kappa shape index (κ3) is 6.82. The van der Waals surface area contributed by atoms with Crippen LogP contribution < -0.4 is 4.74 Å². The molecule has 0 spiro atoms. The van der Waals surface area contributed by atoms with Crippen LogP contribution in [0, 0.1) is 4.91 Å². The molecule has 116 valence electrons. The van der Waals surface area contributed by atoms with Gasteiger partial charge < -0.3 is 18.9 Å². The van der Waals surface area contributed by atoms with Gasteiger partial charge in [0.05, 0.1) is 6.61 Å².